The van der Waals surface area contributed by atoms with Crippen molar-refractivity contribution in [2.45, 2.75) is 26.3 Å². The van der Waals surface area contributed by atoms with Gasteiger partial charge in [0.15, 0.2) is 5.11 Å². The molecule has 1 saturated heterocycles. The average molecular weight is 517 g/mol. The van der Waals surface area contributed by atoms with Crippen LogP contribution in [0.3, 0.4) is 0 Å². The molecule has 3 rings (SSSR count). The molecule has 1 aliphatic rings. The summed E-state index contributed by atoms with van der Waals surface area (Å²) in [5, 5.41) is 6.17. The number of nitrogens with zero attached hydrogens (tertiary/aromatic N) is 2. The minimum Gasteiger partial charge on any atom is -0.462 e. The van der Waals surface area contributed by atoms with Gasteiger partial charge in [0, 0.05) is 30.7 Å². The molecule has 2 N–H and O–H groups in total. The molecule has 35 heavy (non-hydrogen) atoms. The lowest BCUT2D eigenvalue weighted by Gasteiger charge is -2.24. The van der Waals surface area contributed by atoms with Crippen LogP contribution in [0.2, 0.25) is 5.02 Å². The number of ether oxygens (including phenoxy) is 1. The Labute approximate surface area is 213 Å². The van der Waals surface area contributed by atoms with E-state index in [0.29, 0.717) is 22.0 Å². The largest absolute Gasteiger partial charge is 0.462 e. The first-order valence-electron chi connectivity index (χ1n) is 10.9. The molecule has 0 unspecified atom stereocenters. The molecule has 0 aliphatic carbocycles. The van der Waals surface area contributed by atoms with Gasteiger partial charge in [0.25, 0.3) is 5.91 Å². The van der Waals surface area contributed by atoms with Gasteiger partial charge in [-0.05, 0) is 67.7 Å². The second-order valence-corrected chi connectivity index (χ2v) is 8.48. The zero-order chi connectivity index (χ0) is 25.5. The Morgan fingerprint density at radius 3 is 2.34 bits per heavy atom. The van der Waals surface area contributed by atoms with Crippen LogP contribution in [0, 0.1) is 0 Å². The van der Waals surface area contributed by atoms with Crippen molar-refractivity contribution in [3.05, 3.63) is 59.1 Å². The van der Waals surface area contributed by atoms with Crippen molar-refractivity contribution in [2.24, 2.45) is 0 Å². The van der Waals surface area contributed by atoms with Crippen LogP contribution in [0.1, 0.15) is 30.6 Å². The Morgan fingerprint density at radius 2 is 1.74 bits per heavy atom. The standard InChI is InChI=1S/C24H25ClN4O5S/c1-3-34-23(33)16-4-10-19(11-5-16)29-22(32)20(28(24(29)35)13-12-26-15(2)30)14-21(31)27-18-8-6-17(25)7-9-18/h4-11,20H,3,12-14H2,1-2H3,(H,26,30)(H,27,31)/t20-/m1/s1. The molecule has 2 aromatic carbocycles. The van der Waals surface area contributed by atoms with Gasteiger partial charge in [-0.1, -0.05) is 11.6 Å². The average Bonchev–Trinajstić information content (AvgIpc) is 3.04. The van der Waals surface area contributed by atoms with Crippen LogP contribution >= 0.6 is 23.8 Å². The van der Waals surface area contributed by atoms with Gasteiger partial charge in [0.05, 0.1) is 24.3 Å². The number of amides is 3. The summed E-state index contributed by atoms with van der Waals surface area (Å²) in [5.41, 5.74) is 1.34. The van der Waals surface area contributed by atoms with E-state index in [4.69, 9.17) is 28.6 Å². The Morgan fingerprint density at radius 1 is 1.09 bits per heavy atom. The molecule has 1 heterocycles. The van der Waals surface area contributed by atoms with Gasteiger partial charge in [0.1, 0.15) is 6.04 Å². The third-order valence-electron chi connectivity index (χ3n) is 5.19. The number of thiocarbonyl (C=S) groups is 1. The highest BCUT2D eigenvalue weighted by molar-refractivity contribution is 7.80. The fourth-order valence-electron chi connectivity index (χ4n) is 3.56. The number of carbonyl (C=O) groups excluding carboxylic acids is 4. The van der Waals surface area contributed by atoms with Crippen LogP contribution in [0.5, 0.6) is 0 Å². The number of hydrogen-bond donors (Lipinski definition) is 2. The second kappa shape index (κ2) is 11.8. The maximum absolute atomic E-state index is 13.4. The molecule has 0 aromatic heterocycles. The first-order valence-corrected chi connectivity index (χ1v) is 11.7. The lowest BCUT2D eigenvalue weighted by molar-refractivity contribution is -0.124. The highest BCUT2D eigenvalue weighted by Gasteiger charge is 2.44. The number of esters is 1. The molecule has 11 heteroatoms. The number of hydrogen-bond acceptors (Lipinski definition) is 6. The van der Waals surface area contributed by atoms with E-state index in [-0.39, 0.29) is 49.0 Å². The van der Waals surface area contributed by atoms with Crippen molar-refractivity contribution in [1.82, 2.24) is 10.2 Å². The quantitative estimate of drug-likeness (QED) is 0.389. The lowest BCUT2D eigenvalue weighted by Crippen LogP contribution is -2.42. The van der Waals surface area contributed by atoms with Crippen molar-refractivity contribution < 1.29 is 23.9 Å². The van der Waals surface area contributed by atoms with Crippen molar-refractivity contribution >= 4 is 64.0 Å². The van der Waals surface area contributed by atoms with Gasteiger partial charge < -0.3 is 20.3 Å². The van der Waals surface area contributed by atoms with Gasteiger partial charge in [-0.15, -0.1) is 0 Å². The van der Waals surface area contributed by atoms with E-state index in [1.807, 2.05) is 0 Å². The summed E-state index contributed by atoms with van der Waals surface area (Å²) in [7, 11) is 0. The Hall–Kier alpha value is -3.50. The summed E-state index contributed by atoms with van der Waals surface area (Å²) in [6.45, 7) is 3.83. The van der Waals surface area contributed by atoms with Gasteiger partial charge >= 0.3 is 5.97 Å². The smallest absolute Gasteiger partial charge is 0.338 e. The monoisotopic (exact) mass is 516 g/mol. The predicted molar refractivity (Wildman–Crippen MR) is 136 cm³/mol. The molecule has 3 amide bonds. The molecular weight excluding hydrogens is 492 g/mol. The minimum absolute atomic E-state index is 0.154. The van der Waals surface area contributed by atoms with Crippen molar-refractivity contribution in [3.63, 3.8) is 0 Å². The summed E-state index contributed by atoms with van der Waals surface area (Å²) in [4.78, 5) is 52.4. The number of benzene rings is 2. The summed E-state index contributed by atoms with van der Waals surface area (Å²) >= 11 is 11.5. The van der Waals surface area contributed by atoms with E-state index in [1.54, 1.807) is 60.4 Å². The summed E-state index contributed by atoms with van der Waals surface area (Å²) in [5.74, 6) is -1.45. The summed E-state index contributed by atoms with van der Waals surface area (Å²) in [6.07, 6.45) is -0.154. The van der Waals surface area contributed by atoms with Crippen LogP contribution in [0.25, 0.3) is 0 Å². The zero-order valence-electron chi connectivity index (χ0n) is 19.2. The maximum atomic E-state index is 13.4. The van der Waals surface area contributed by atoms with Crippen molar-refractivity contribution in [2.75, 3.05) is 29.9 Å². The molecule has 0 spiro atoms. The van der Waals surface area contributed by atoms with E-state index in [1.165, 1.54) is 11.8 Å². The van der Waals surface area contributed by atoms with Crippen LogP contribution in [0.15, 0.2) is 48.5 Å². The zero-order valence-corrected chi connectivity index (χ0v) is 20.8. The Kier molecular flexibility index (Phi) is 8.78. The van der Waals surface area contributed by atoms with E-state index in [9.17, 15) is 19.2 Å². The molecule has 184 valence electrons. The fraction of sp³-hybridized carbons (Fsp3) is 0.292. The number of rotatable bonds is 9. The van der Waals surface area contributed by atoms with E-state index >= 15 is 0 Å². The highest BCUT2D eigenvalue weighted by atomic mass is 35.5. The lowest BCUT2D eigenvalue weighted by atomic mass is 10.1. The topological polar surface area (TPSA) is 108 Å². The van der Waals surface area contributed by atoms with Crippen LogP contribution in [-0.2, 0) is 19.1 Å². The molecule has 0 bridgehead atoms. The van der Waals surface area contributed by atoms with Crippen LogP contribution in [0.4, 0.5) is 11.4 Å². The van der Waals surface area contributed by atoms with Gasteiger partial charge in [0.2, 0.25) is 11.8 Å². The Balaban J connectivity index is 1.80. The molecular formula is C24H25ClN4O5S. The van der Waals surface area contributed by atoms with E-state index in [2.05, 4.69) is 10.6 Å². The second-order valence-electron chi connectivity index (χ2n) is 7.67. The van der Waals surface area contributed by atoms with Crippen molar-refractivity contribution in [1.29, 1.82) is 0 Å². The third-order valence-corrected chi connectivity index (χ3v) is 5.86. The molecule has 0 saturated carbocycles. The third kappa shape index (κ3) is 6.55. The number of nitrogens with one attached hydrogen (secondary N) is 2. The molecule has 9 nitrogen and oxygen atoms in total. The Bertz CT molecular complexity index is 1120. The number of halogens is 1. The van der Waals surface area contributed by atoms with Crippen LogP contribution in [-0.4, -0.2) is 59.4 Å². The minimum atomic E-state index is -0.867. The van der Waals surface area contributed by atoms with Crippen LogP contribution < -0.4 is 15.5 Å². The van der Waals surface area contributed by atoms with E-state index < -0.39 is 12.0 Å². The van der Waals surface area contributed by atoms with Crippen molar-refractivity contribution in [3.8, 4) is 0 Å². The number of anilines is 2. The molecule has 1 aliphatic heterocycles. The van der Waals surface area contributed by atoms with Gasteiger partial charge in [-0.3, -0.25) is 19.3 Å². The fourth-order valence-corrected chi connectivity index (χ4v) is 4.10. The SMILES string of the molecule is CCOC(=O)c1ccc(N2C(=O)[C@@H](CC(=O)Nc3ccc(Cl)cc3)N(CCNC(C)=O)C2=S)cc1. The summed E-state index contributed by atoms with van der Waals surface area (Å²) < 4.78 is 4.99. The predicted octanol–water partition coefficient (Wildman–Crippen LogP) is 2.98. The summed E-state index contributed by atoms with van der Waals surface area (Å²) in [6, 6.07) is 12.0. The number of carbonyl (C=O) groups is 4. The maximum Gasteiger partial charge on any atom is 0.338 e. The first kappa shape index (κ1) is 26.1. The van der Waals surface area contributed by atoms with E-state index in [0.717, 1.165) is 0 Å². The van der Waals surface area contributed by atoms with Gasteiger partial charge in [-0.25, -0.2) is 4.79 Å². The highest BCUT2D eigenvalue weighted by Crippen LogP contribution is 2.28. The molecule has 0 radical (unpaired) electrons. The molecule has 1 fully saturated rings. The normalized spacial score (nSPS) is 15.2. The molecule has 2 aromatic rings. The van der Waals surface area contributed by atoms with Gasteiger partial charge in [-0.2, -0.15) is 0 Å². The molecule has 1 atom stereocenters. The first-order chi connectivity index (χ1) is 16.7.